The third-order valence-electron chi connectivity index (χ3n) is 3.95. The number of thiophene rings is 1. The molecule has 1 N–H and O–H groups in total. The molecule has 8 nitrogen and oxygen atoms in total. The zero-order valence-corrected chi connectivity index (χ0v) is 17.2. The monoisotopic (exact) mass is 417 g/mol. The van der Waals surface area contributed by atoms with E-state index in [-0.39, 0.29) is 17.3 Å². The average molecular weight is 418 g/mol. The van der Waals surface area contributed by atoms with Crippen molar-refractivity contribution in [3.8, 4) is 11.4 Å². The second kappa shape index (κ2) is 8.53. The fourth-order valence-electron chi connectivity index (χ4n) is 2.49. The van der Waals surface area contributed by atoms with Crippen LogP contribution in [0.1, 0.15) is 24.6 Å². The average Bonchev–Trinajstić information content (AvgIpc) is 3.27. The quantitative estimate of drug-likeness (QED) is 0.349. The van der Waals surface area contributed by atoms with Crippen LogP contribution in [0.4, 0.5) is 11.4 Å². The summed E-state index contributed by atoms with van der Waals surface area (Å²) in [6.45, 7) is 4.29. The Hall–Kier alpha value is -2.72. The predicted molar refractivity (Wildman–Crippen MR) is 111 cm³/mol. The van der Waals surface area contributed by atoms with Gasteiger partial charge in [-0.25, -0.2) is 0 Å². The van der Waals surface area contributed by atoms with Crippen molar-refractivity contribution in [2.45, 2.75) is 24.9 Å². The Morgan fingerprint density at radius 2 is 2.14 bits per heavy atom. The number of nitrogens with one attached hydrogen (secondary N) is 1. The summed E-state index contributed by atoms with van der Waals surface area (Å²) in [5, 5.41) is 24.6. The van der Waals surface area contributed by atoms with Crippen LogP contribution >= 0.6 is 23.1 Å². The lowest BCUT2D eigenvalue weighted by Crippen LogP contribution is -2.14. The number of thioether (sulfide) groups is 1. The van der Waals surface area contributed by atoms with Gasteiger partial charge in [-0.15, -0.1) is 21.5 Å². The minimum absolute atomic E-state index is 0.0695. The van der Waals surface area contributed by atoms with Crippen molar-refractivity contribution in [3.05, 3.63) is 50.7 Å². The van der Waals surface area contributed by atoms with Crippen LogP contribution in [0.2, 0.25) is 0 Å². The van der Waals surface area contributed by atoms with Gasteiger partial charge in [0.1, 0.15) is 0 Å². The molecule has 3 aromatic rings. The first kappa shape index (κ1) is 20.0. The maximum atomic E-state index is 12.2. The fraction of sp³-hybridized carbons (Fsp3) is 0.278. The number of rotatable bonds is 7. The molecule has 0 bridgehead atoms. The van der Waals surface area contributed by atoms with Crippen LogP contribution in [0.3, 0.4) is 0 Å². The topological polar surface area (TPSA) is 103 Å². The summed E-state index contributed by atoms with van der Waals surface area (Å²) in [6, 6.07) is 7.95. The molecule has 0 radical (unpaired) electrons. The van der Waals surface area contributed by atoms with E-state index in [0.29, 0.717) is 16.8 Å². The summed E-state index contributed by atoms with van der Waals surface area (Å²) in [5.74, 6) is 1.06. The summed E-state index contributed by atoms with van der Waals surface area (Å²) >= 11 is 2.95. The van der Waals surface area contributed by atoms with Crippen LogP contribution in [0.25, 0.3) is 11.4 Å². The van der Waals surface area contributed by atoms with Gasteiger partial charge < -0.3 is 9.88 Å². The maximum Gasteiger partial charge on any atom is 0.271 e. The molecule has 1 amide bonds. The van der Waals surface area contributed by atoms with Gasteiger partial charge in [-0.05, 0) is 18.1 Å². The lowest BCUT2D eigenvalue weighted by molar-refractivity contribution is -0.384. The molecular formula is C18H19N5O3S2. The number of nitro benzene ring substituents is 1. The van der Waals surface area contributed by atoms with E-state index in [2.05, 4.69) is 40.8 Å². The second-order valence-corrected chi connectivity index (χ2v) is 8.29. The Morgan fingerprint density at radius 3 is 2.82 bits per heavy atom. The van der Waals surface area contributed by atoms with E-state index in [1.807, 2.05) is 11.6 Å². The van der Waals surface area contributed by atoms with Gasteiger partial charge in [0.25, 0.3) is 5.69 Å². The number of carbonyl (C=O) groups excluding carboxylic acids is 1. The molecule has 1 aromatic carbocycles. The maximum absolute atomic E-state index is 12.2. The van der Waals surface area contributed by atoms with Gasteiger partial charge in [0.2, 0.25) is 5.91 Å². The Kier molecular flexibility index (Phi) is 6.10. The highest BCUT2D eigenvalue weighted by molar-refractivity contribution is 7.99. The number of nitro groups is 1. The number of benzene rings is 1. The fourth-order valence-corrected chi connectivity index (χ4v) is 4.10. The first-order valence-corrected chi connectivity index (χ1v) is 10.4. The van der Waals surface area contributed by atoms with Crippen molar-refractivity contribution in [1.82, 2.24) is 14.8 Å². The van der Waals surface area contributed by atoms with Gasteiger partial charge >= 0.3 is 0 Å². The first-order valence-electron chi connectivity index (χ1n) is 8.50. The summed E-state index contributed by atoms with van der Waals surface area (Å²) < 4.78 is 1.86. The lowest BCUT2D eigenvalue weighted by atomic mass is 10.1. The van der Waals surface area contributed by atoms with Crippen LogP contribution in [-0.2, 0) is 11.8 Å². The minimum Gasteiger partial charge on any atom is -0.325 e. The van der Waals surface area contributed by atoms with Crippen molar-refractivity contribution in [2.75, 3.05) is 11.1 Å². The van der Waals surface area contributed by atoms with Gasteiger partial charge in [0, 0.05) is 40.7 Å². The molecule has 0 aliphatic heterocycles. The molecule has 28 heavy (non-hydrogen) atoms. The molecule has 10 heteroatoms. The normalized spacial score (nSPS) is 11.0. The number of non-ortho nitro benzene ring substituents is 1. The van der Waals surface area contributed by atoms with E-state index < -0.39 is 4.92 Å². The second-order valence-electron chi connectivity index (χ2n) is 6.40. The highest BCUT2D eigenvalue weighted by Crippen LogP contribution is 2.30. The molecule has 146 valence electrons. The van der Waals surface area contributed by atoms with Gasteiger partial charge in [0.05, 0.1) is 10.7 Å². The third-order valence-corrected chi connectivity index (χ3v) is 6.21. The van der Waals surface area contributed by atoms with Crippen LogP contribution in [0, 0.1) is 10.1 Å². The Labute approximate surface area is 170 Å². The number of aromatic nitrogens is 3. The van der Waals surface area contributed by atoms with Crippen LogP contribution < -0.4 is 5.32 Å². The van der Waals surface area contributed by atoms with Crippen LogP contribution in [0.15, 0.2) is 40.9 Å². The van der Waals surface area contributed by atoms with Gasteiger partial charge in [-0.3, -0.25) is 14.9 Å². The SMILES string of the molecule is CC(C)c1cc(-c2nnc(SCC(=O)Nc3cccc([N+](=O)[O-])c3)n2C)cs1. The molecule has 0 saturated heterocycles. The molecule has 3 rings (SSSR count). The van der Waals surface area contributed by atoms with E-state index in [4.69, 9.17) is 0 Å². The summed E-state index contributed by atoms with van der Waals surface area (Å²) in [6.07, 6.45) is 0. The molecule has 0 spiro atoms. The first-order chi connectivity index (χ1) is 13.3. The van der Waals surface area contributed by atoms with Gasteiger partial charge in [-0.1, -0.05) is 31.7 Å². The summed E-state index contributed by atoms with van der Waals surface area (Å²) in [7, 11) is 1.86. The van der Waals surface area contributed by atoms with Crippen molar-refractivity contribution in [3.63, 3.8) is 0 Å². The molecule has 0 unspecified atom stereocenters. The zero-order chi connectivity index (χ0) is 20.3. The van der Waals surface area contributed by atoms with Crippen molar-refractivity contribution in [1.29, 1.82) is 0 Å². The number of amides is 1. The van der Waals surface area contributed by atoms with Crippen LogP contribution in [-0.4, -0.2) is 31.3 Å². The standard InChI is InChI=1S/C18H19N5O3S2/c1-11(2)15-7-12(9-27-15)17-20-21-18(22(17)3)28-10-16(24)19-13-5-4-6-14(8-13)23(25)26/h4-9,11H,10H2,1-3H3,(H,19,24). The number of nitrogens with zero attached hydrogens (tertiary/aromatic N) is 4. The number of hydrogen-bond donors (Lipinski definition) is 1. The molecule has 0 aliphatic carbocycles. The molecule has 0 saturated carbocycles. The number of carbonyl (C=O) groups is 1. The van der Waals surface area contributed by atoms with E-state index in [9.17, 15) is 14.9 Å². The Morgan fingerprint density at radius 1 is 1.36 bits per heavy atom. The van der Waals surface area contributed by atoms with E-state index in [1.165, 1.54) is 34.8 Å². The molecule has 0 fully saturated rings. The Balaban J connectivity index is 1.63. The van der Waals surface area contributed by atoms with Crippen molar-refractivity contribution < 1.29 is 9.72 Å². The van der Waals surface area contributed by atoms with Gasteiger partial charge in [0.15, 0.2) is 11.0 Å². The minimum atomic E-state index is -0.499. The predicted octanol–water partition coefficient (Wildman–Crippen LogP) is 4.31. The molecular weight excluding hydrogens is 398 g/mol. The van der Waals surface area contributed by atoms with Gasteiger partial charge in [-0.2, -0.15) is 0 Å². The number of anilines is 1. The summed E-state index contributed by atoms with van der Waals surface area (Å²) in [4.78, 5) is 23.8. The Bertz CT molecular complexity index is 1010. The zero-order valence-electron chi connectivity index (χ0n) is 15.6. The molecule has 2 heterocycles. The number of hydrogen-bond acceptors (Lipinski definition) is 7. The highest BCUT2D eigenvalue weighted by atomic mass is 32.2. The van der Waals surface area contributed by atoms with E-state index >= 15 is 0 Å². The van der Waals surface area contributed by atoms with E-state index in [1.54, 1.807) is 17.4 Å². The third kappa shape index (κ3) is 4.57. The highest BCUT2D eigenvalue weighted by Gasteiger charge is 2.15. The van der Waals surface area contributed by atoms with Crippen LogP contribution in [0.5, 0.6) is 0 Å². The molecule has 2 aromatic heterocycles. The van der Waals surface area contributed by atoms with Crippen molar-refractivity contribution >= 4 is 40.4 Å². The molecule has 0 atom stereocenters. The smallest absolute Gasteiger partial charge is 0.271 e. The lowest BCUT2D eigenvalue weighted by Gasteiger charge is -2.05. The van der Waals surface area contributed by atoms with Crippen molar-refractivity contribution in [2.24, 2.45) is 7.05 Å². The van der Waals surface area contributed by atoms with E-state index in [0.717, 1.165) is 11.4 Å². The largest absolute Gasteiger partial charge is 0.325 e. The molecule has 0 aliphatic rings. The summed E-state index contributed by atoms with van der Waals surface area (Å²) in [5.41, 5.74) is 1.33.